The second-order valence-corrected chi connectivity index (χ2v) is 7.84. The van der Waals surface area contributed by atoms with Crippen LogP contribution < -0.4 is 9.46 Å². The number of ether oxygens (including phenoxy) is 1. The highest BCUT2D eigenvalue weighted by molar-refractivity contribution is 7.89. The lowest BCUT2D eigenvalue weighted by atomic mass is 10.2. The number of nitrogens with one attached hydrogen (secondary N) is 1. The molecule has 0 fully saturated rings. The molecule has 2 N–H and O–H groups in total. The minimum Gasteiger partial charge on any atom is -0.489 e. The van der Waals surface area contributed by atoms with Crippen LogP contribution in [0.15, 0.2) is 83.8 Å². The smallest absolute Gasteiger partial charge is 0.335 e. The minimum absolute atomic E-state index is 0.0142. The standard InChI is InChI=1S/C21H19NO5S/c23-21(24)18-8-12-20(13-9-18)28(25,26)22-14-16-6-10-19(11-7-16)27-15-17-4-2-1-3-5-17/h1-13,22H,14-15H2,(H,23,24). The van der Waals surface area contributed by atoms with Crippen molar-refractivity contribution >= 4 is 16.0 Å². The summed E-state index contributed by atoms with van der Waals surface area (Å²) in [6, 6.07) is 22.0. The van der Waals surface area contributed by atoms with E-state index in [2.05, 4.69) is 4.72 Å². The number of carbonyl (C=O) groups is 1. The summed E-state index contributed by atoms with van der Waals surface area (Å²) in [4.78, 5) is 10.9. The lowest BCUT2D eigenvalue weighted by Crippen LogP contribution is -2.23. The molecule has 0 saturated heterocycles. The van der Waals surface area contributed by atoms with Crippen molar-refractivity contribution in [1.29, 1.82) is 0 Å². The Morgan fingerprint density at radius 1 is 0.857 bits per heavy atom. The van der Waals surface area contributed by atoms with Gasteiger partial charge in [0.25, 0.3) is 0 Å². The monoisotopic (exact) mass is 397 g/mol. The molecule has 0 saturated carbocycles. The highest BCUT2D eigenvalue weighted by Gasteiger charge is 2.14. The molecule has 6 nitrogen and oxygen atoms in total. The third-order valence-corrected chi connectivity index (χ3v) is 5.47. The van der Waals surface area contributed by atoms with Gasteiger partial charge in [-0.25, -0.2) is 17.9 Å². The molecule has 0 aliphatic rings. The molecule has 28 heavy (non-hydrogen) atoms. The summed E-state index contributed by atoms with van der Waals surface area (Å²) in [6.45, 7) is 0.571. The van der Waals surface area contributed by atoms with E-state index < -0.39 is 16.0 Å². The summed E-state index contributed by atoms with van der Waals surface area (Å²) in [7, 11) is -3.73. The average Bonchev–Trinajstić information content (AvgIpc) is 2.72. The van der Waals surface area contributed by atoms with Crippen LogP contribution in [0.5, 0.6) is 5.75 Å². The van der Waals surface area contributed by atoms with Gasteiger partial charge in [0.15, 0.2) is 0 Å². The van der Waals surface area contributed by atoms with Crippen LogP contribution in [0.3, 0.4) is 0 Å². The van der Waals surface area contributed by atoms with Crippen molar-refractivity contribution in [3.05, 3.63) is 95.6 Å². The zero-order valence-electron chi connectivity index (χ0n) is 14.9. The fraction of sp³-hybridized carbons (Fsp3) is 0.0952. The number of hydrogen-bond acceptors (Lipinski definition) is 4. The van der Waals surface area contributed by atoms with Crippen molar-refractivity contribution in [2.75, 3.05) is 0 Å². The molecule has 144 valence electrons. The predicted octanol–water partition coefficient (Wildman–Crippen LogP) is 3.44. The van der Waals surface area contributed by atoms with Crippen molar-refractivity contribution in [1.82, 2.24) is 4.72 Å². The number of benzene rings is 3. The summed E-state index contributed by atoms with van der Waals surface area (Å²) in [5.41, 5.74) is 1.87. The van der Waals surface area contributed by atoms with E-state index in [9.17, 15) is 13.2 Å². The molecule has 0 aliphatic heterocycles. The van der Waals surface area contributed by atoms with Crippen LogP contribution in [0.1, 0.15) is 21.5 Å². The Morgan fingerprint density at radius 2 is 1.50 bits per heavy atom. The molecule has 0 aliphatic carbocycles. The number of carboxylic acids is 1. The lowest BCUT2D eigenvalue weighted by Gasteiger charge is -2.09. The van der Waals surface area contributed by atoms with Gasteiger partial charge in [0.1, 0.15) is 12.4 Å². The molecule has 3 rings (SSSR count). The van der Waals surface area contributed by atoms with Crippen molar-refractivity contribution in [3.8, 4) is 5.75 Å². The first-order valence-corrected chi connectivity index (χ1v) is 10.0. The molecule has 7 heteroatoms. The van der Waals surface area contributed by atoms with Gasteiger partial charge in [0.2, 0.25) is 10.0 Å². The maximum atomic E-state index is 12.3. The Morgan fingerprint density at radius 3 is 2.11 bits per heavy atom. The summed E-state index contributed by atoms with van der Waals surface area (Å²) < 4.78 is 32.9. The van der Waals surface area contributed by atoms with Gasteiger partial charge in [-0.3, -0.25) is 0 Å². The van der Waals surface area contributed by atoms with E-state index in [4.69, 9.17) is 9.84 Å². The second-order valence-electron chi connectivity index (χ2n) is 6.07. The predicted molar refractivity (Wildman–Crippen MR) is 105 cm³/mol. The lowest BCUT2D eigenvalue weighted by molar-refractivity contribution is 0.0696. The van der Waals surface area contributed by atoms with E-state index in [-0.39, 0.29) is 17.0 Å². The summed E-state index contributed by atoms with van der Waals surface area (Å²) >= 11 is 0. The summed E-state index contributed by atoms with van der Waals surface area (Å²) in [6.07, 6.45) is 0. The number of hydrogen-bond donors (Lipinski definition) is 2. The number of carboxylic acid groups (broad SMARTS) is 1. The highest BCUT2D eigenvalue weighted by atomic mass is 32.2. The van der Waals surface area contributed by atoms with E-state index in [0.29, 0.717) is 12.4 Å². The average molecular weight is 397 g/mol. The topological polar surface area (TPSA) is 92.7 Å². The number of sulfonamides is 1. The first-order valence-electron chi connectivity index (χ1n) is 8.53. The van der Waals surface area contributed by atoms with E-state index in [1.165, 1.54) is 24.3 Å². The van der Waals surface area contributed by atoms with Crippen LogP contribution in [0.2, 0.25) is 0 Å². The molecular formula is C21H19NO5S. The Hall–Kier alpha value is -3.16. The maximum absolute atomic E-state index is 12.3. The van der Waals surface area contributed by atoms with E-state index in [1.807, 2.05) is 30.3 Å². The molecule has 0 unspecified atom stereocenters. The molecule has 0 spiro atoms. The number of rotatable bonds is 8. The molecule has 0 heterocycles. The van der Waals surface area contributed by atoms with E-state index in [1.54, 1.807) is 24.3 Å². The van der Waals surface area contributed by atoms with Gasteiger partial charge in [-0.15, -0.1) is 0 Å². The van der Waals surface area contributed by atoms with Crippen LogP contribution in [0, 0.1) is 0 Å². The number of aromatic carboxylic acids is 1. The van der Waals surface area contributed by atoms with Crippen molar-refractivity contribution in [2.24, 2.45) is 0 Å². The SMILES string of the molecule is O=C(O)c1ccc(S(=O)(=O)NCc2ccc(OCc3ccccc3)cc2)cc1. The van der Waals surface area contributed by atoms with Crippen LogP contribution in [0.25, 0.3) is 0 Å². The zero-order chi connectivity index (χ0) is 20.0. The molecule has 0 amide bonds. The Kier molecular flexibility index (Phi) is 6.08. The van der Waals surface area contributed by atoms with Crippen molar-refractivity contribution in [2.45, 2.75) is 18.0 Å². The van der Waals surface area contributed by atoms with Crippen LogP contribution in [0.4, 0.5) is 0 Å². The second kappa shape index (κ2) is 8.69. The van der Waals surface area contributed by atoms with Crippen LogP contribution >= 0.6 is 0 Å². The highest BCUT2D eigenvalue weighted by Crippen LogP contribution is 2.16. The summed E-state index contributed by atoms with van der Waals surface area (Å²) in [5.74, 6) is -0.411. The molecule has 0 aromatic heterocycles. The summed E-state index contributed by atoms with van der Waals surface area (Å²) in [5, 5.41) is 8.88. The zero-order valence-corrected chi connectivity index (χ0v) is 15.7. The minimum atomic E-state index is -3.73. The normalized spacial score (nSPS) is 11.1. The molecule has 0 bridgehead atoms. The third-order valence-electron chi connectivity index (χ3n) is 4.05. The molecule has 0 atom stereocenters. The maximum Gasteiger partial charge on any atom is 0.335 e. The van der Waals surface area contributed by atoms with Gasteiger partial charge in [-0.2, -0.15) is 0 Å². The van der Waals surface area contributed by atoms with E-state index >= 15 is 0 Å². The van der Waals surface area contributed by atoms with Crippen LogP contribution in [-0.2, 0) is 23.2 Å². The first kappa shape index (κ1) is 19.6. The third kappa shape index (κ3) is 5.18. The van der Waals surface area contributed by atoms with Gasteiger partial charge in [0.05, 0.1) is 10.5 Å². The molecule has 3 aromatic carbocycles. The first-order chi connectivity index (χ1) is 13.4. The van der Waals surface area contributed by atoms with Gasteiger partial charge in [0, 0.05) is 6.54 Å². The van der Waals surface area contributed by atoms with E-state index in [0.717, 1.165) is 11.1 Å². The fourth-order valence-electron chi connectivity index (χ4n) is 2.48. The fourth-order valence-corrected chi connectivity index (χ4v) is 3.50. The van der Waals surface area contributed by atoms with Gasteiger partial charge < -0.3 is 9.84 Å². The van der Waals surface area contributed by atoms with Crippen molar-refractivity contribution < 1.29 is 23.1 Å². The molecule has 0 radical (unpaired) electrons. The Balaban J connectivity index is 1.57. The quantitative estimate of drug-likeness (QED) is 0.607. The largest absolute Gasteiger partial charge is 0.489 e. The van der Waals surface area contributed by atoms with Gasteiger partial charge in [-0.05, 0) is 47.5 Å². The Bertz CT molecular complexity index is 1030. The van der Waals surface area contributed by atoms with Crippen LogP contribution in [-0.4, -0.2) is 19.5 Å². The molecular weight excluding hydrogens is 378 g/mol. The van der Waals surface area contributed by atoms with Gasteiger partial charge in [-0.1, -0.05) is 42.5 Å². The Labute approximate surface area is 163 Å². The van der Waals surface area contributed by atoms with Crippen molar-refractivity contribution in [3.63, 3.8) is 0 Å². The van der Waals surface area contributed by atoms with Gasteiger partial charge >= 0.3 is 5.97 Å². The molecule has 3 aromatic rings.